The van der Waals surface area contributed by atoms with Crippen molar-refractivity contribution < 1.29 is 19.1 Å². The number of amides is 3. The number of likely N-dealkylation sites (tertiary alicyclic amines) is 1. The zero-order valence-electron chi connectivity index (χ0n) is 14.6. The van der Waals surface area contributed by atoms with Crippen molar-refractivity contribution in [1.82, 2.24) is 20.0 Å². The van der Waals surface area contributed by atoms with Crippen LogP contribution in [0.4, 0.5) is 4.79 Å². The number of hydrogen-bond donors (Lipinski definition) is 1. The zero-order valence-corrected chi connectivity index (χ0v) is 14.6. The Balaban J connectivity index is 1.60. The molecule has 0 bridgehead atoms. The highest BCUT2D eigenvalue weighted by molar-refractivity contribution is 5.79. The Labute approximate surface area is 143 Å². The SMILES string of the molecule is COC(=O)N1CCN(CCNC(=O)C2CCN(C(C)=O)CC2)CC1. The van der Waals surface area contributed by atoms with Gasteiger partial charge in [-0.15, -0.1) is 0 Å². The van der Waals surface area contributed by atoms with Crippen molar-refractivity contribution >= 4 is 17.9 Å². The Kier molecular flexibility index (Phi) is 6.84. The predicted octanol–water partition coefficient (Wildman–Crippen LogP) is -0.255. The van der Waals surface area contributed by atoms with Crippen LogP contribution in [0, 0.1) is 5.92 Å². The van der Waals surface area contributed by atoms with E-state index in [2.05, 4.69) is 10.2 Å². The van der Waals surface area contributed by atoms with E-state index >= 15 is 0 Å². The minimum atomic E-state index is -0.278. The molecule has 3 amide bonds. The Morgan fingerprint density at radius 1 is 1.00 bits per heavy atom. The van der Waals surface area contributed by atoms with Crippen LogP contribution in [0.2, 0.25) is 0 Å². The summed E-state index contributed by atoms with van der Waals surface area (Å²) in [5.41, 5.74) is 0. The molecule has 1 N–H and O–H groups in total. The summed E-state index contributed by atoms with van der Waals surface area (Å²) in [7, 11) is 1.39. The third-order valence-corrected chi connectivity index (χ3v) is 4.84. The highest BCUT2D eigenvalue weighted by atomic mass is 16.5. The van der Waals surface area contributed by atoms with Crippen LogP contribution in [0.5, 0.6) is 0 Å². The highest BCUT2D eigenvalue weighted by Gasteiger charge is 2.26. The maximum absolute atomic E-state index is 12.2. The van der Waals surface area contributed by atoms with E-state index in [9.17, 15) is 14.4 Å². The van der Waals surface area contributed by atoms with Crippen molar-refractivity contribution in [3.8, 4) is 0 Å². The average molecular weight is 340 g/mol. The first kappa shape index (κ1) is 18.5. The summed E-state index contributed by atoms with van der Waals surface area (Å²) in [4.78, 5) is 40.6. The molecule has 2 aliphatic heterocycles. The fourth-order valence-electron chi connectivity index (χ4n) is 3.22. The van der Waals surface area contributed by atoms with Crippen LogP contribution >= 0.6 is 0 Å². The predicted molar refractivity (Wildman–Crippen MR) is 88.4 cm³/mol. The van der Waals surface area contributed by atoms with E-state index in [4.69, 9.17) is 4.74 Å². The molecule has 0 aromatic rings. The third-order valence-electron chi connectivity index (χ3n) is 4.84. The molecule has 136 valence electrons. The fourth-order valence-corrected chi connectivity index (χ4v) is 3.22. The molecule has 0 atom stereocenters. The number of piperidine rings is 1. The van der Waals surface area contributed by atoms with Gasteiger partial charge in [0.1, 0.15) is 0 Å². The van der Waals surface area contributed by atoms with Gasteiger partial charge in [0.25, 0.3) is 0 Å². The molecular formula is C16H28N4O4. The largest absolute Gasteiger partial charge is 0.453 e. The number of ether oxygens (including phenoxy) is 1. The number of carbonyl (C=O) groups is 3. The number of methoxy groups -OCH3 is 1. The second-order valence-corrected chi connectivity index (χ2v) is 6.37. The molecule has 2 aliphatic rings. The second kappa shape index (κ2) is 8.86. The number of nitrogens with zero attached hydrogens (tertiary/aromatic N) is 3. The highest BCUT2D eigenvalue weighted by Crippen LogP contribution is 2.17. The smallest absolute Gasteiger partial charge is 0.409 e. The second-order valence-electron chi connectivity index (χ2n) is 6.37. The van der Waals surface area contributed by atoms with Crippen LogP contribution in [0.25, 0.3) is 0 Å². The Bertz CT molecular complexity index is 455. The van der Waals surface area contributed by atoms with E-state index in [-0.39, 0.29) is 23.8 Å². The van der Waals surface area contributed by atoms with Gasteiger partial charge in [0.15, 0.2) is 0 Å². The van der Waals surface area contributed by atoms with Crippen molar-refractivity contribution in [2.24, 2.45) is 5.92 Å². The van der Waals surface area contributed by atoms with E-state index < -0.39 is 0 Å². The molecule has 0 spiro atoms. The van der Waals surface area contributed by atoms with Crippen LogP contribution in [-0.4, -0.2) is 92.1 Å². The van der Waals surface area contributed by atoms with Gasteiger partial charge in [-0.25, -0.2) is 4.79 Å². The molecule has 2 saturated heterocycles. The van der Waals surface area contributed by atoms with Gasteiger partial charge in [-0.2, -0.15) is 0 Å². The topological polar surface area (TPSA) is 82.2 Å². The minimum Gasteiger partial charge on any atom is -0.453 e. The van der Waals surface area contributed by atoms with Gasteiger partial charge in [0, 0.05) is 65.2 Å². The van der Waals surface area contributed by atoms with Crippen LogP contribution in [0.3, 0.4) is 0 Å². The summed E-state index contributed by atoms with van der Waals surface area (Å²) in [6, 6.07) is 0. The number of carbonyl (C=O) groups excluding carboxylic acids is 3. The first-order valence-corrected chi connectivity index (χ1v) is 8.59. The number of hydrogen-bond acceptors (Lipinski definition) is 5. The van der Waals surface area contributed by atoms with E-state index in [1.165, 1.54) is 7.11 Å². The van der Waals surface area contributed by atoms with Crippen molar-refractivity contribution in [3.63, 3.8) is 0 Å². The summed E-state index contributed by atoms with van der Waals surface area (Å²) < 4.78 is 4.71. The number of nitrogens with one attached hydrogen (secondary N) is 1. The molecule has 8 heteroatoms. The molecule has 0 saturated carbocycles. The van der Waals surface area contributed by atoms with Gasteiger partial charge in [-0.3, -0.25) is 14.5 Å². The fraction of sp³-hybridized carbons (Fsp3) is 0.812. The lowest BCUT2D eigenvalue weighted by Crippen LogP contribution is -2.50. The third kappa shape index (κ3) is 5.09. The lowest BCUT2D eigenvalue weighted by Gasteiger charge is -2.34. The minimum absolute atomic E-state index is 0.0109. The van der Waals surface area contributed by atoms with E-state index in [1.54, 1.807) is 16.7 Å². The normalized spacial score (nSPS) is 19.9. The molecule has 2 heterocycles. The first-order valence-electron chi connectivity index (χ1n) is 8.59. The van der Waals surface area contributed by atoms with Crippen LogP contribution < -0.4 is 5.32 Å². The van der Waals surface area contributed by atoms with Gasteiger partial charge in [-0.1, -0.05) is 0 Å². The van der Waals surface area contributed by atoms with Crippen molar-refractivity contribution in [1.29, 1.82) is 0 Å². The van der Waals surface area contributed by atoms with Gasteiger partial charge < -0.3 is 19.9 Å². The average Bonchev–Trinajstić information content (AvgIpc) is 2.61. The summed E-state index contributed by atoms with van der Waals surface area (Å²) in [5.74, 6) is 0.183. The van der Waals surface area contributed by atoms with Crippen LogP contribution in [0.1, 0.15) is 19.8 Å². The van der Waals surface area contributed by atoms with Crippen molar-refractivity contribution in [2.45, 2.75) is 19.8 Å². The number of piperazine rings is 1. The standard InChI is InChI=1S/C16H28N4O4/c1-13(21)19-6-3-14(4-7-19)15(22)17-5-8-18-9-11-20(12-10-18)16(23)24-2/h14H,3-12H2,1-2H3,(H,17,22). The maximum atomic E-state index is 12.2. The first-order chi connectivity index (χ1) is 11.5. The summed E-state index contributed by atoms with van der Waals surface area (Å²) >= 11 is 0. The van der Waals surface area contributed by atoms with E-state index in [0.717, 1.165) is 32.5 Å². The molecule has 2 fully saturated rings. The Morgan fingerprint density at radius 2 is 1.62 bits per heavy atom. The molecule has 2 rings (SSSR count). The number of rotatable bonds is 4. The maximum Gasteiger partial charge on any atom is 0.409 e. The monoisotopic (exact) mass is 340 g/mol. The molecule has 0 radical (unpaired) electrons. The molecule has 24 heavy (non-hydrogen) atoms. The molecule has 0 aromatic carbocycles. The van der Waals surface area contributed by atoms with Crippen LogP contribution in [0.15, 0.2) is 0 Å². The quantitative estimate of drug-likeness (QED) is 0.763. The van der Waals surface area contributed by atoms with E-state index in [1.807, 2.05) is 0 Å². The summed E-state index contributed by atoms with van der Waals surface area (Å²) in [6.07, 6.45) is 1.20. The molecular weight excluding hydrogens is 312 g/mol. The van der Waals surface area contributed by atoms with Gasteiger partial charge in [-0.05, 0) is 12.8 Å². The van der Waals surface area contributed by atoms with Crippen molar-refractivity contribution in [2.75, 3.05) is 59.5 Å². The Morgan fingerprint density at radius 3 is 2.17 bits per heavy atom. The van der Waals surface area contributed by atoms with Gasteiger partial charge >= 0.3 is 6.09 Å². The molecule has 8 nitrogen and oxygen atoms in total. The lowest BCUT2D eigenvalue weighted by atomic mass is 9.96. The molecule has 0 unspecified atom stereocenters. The van der Waals surface area contributed by atoms with Crippen molar-refractivity contribution in [3.05, 3.63) is 0 Å². The zero-order chi connectivity index (χ0) is 17.5. The van der Waals surface area contributed by atoms with Gasteiger partial charge in [0.05, 0.1) is 7.11 Å². The Hall–Kier alpha value is -1.83. The van der Waals surface area contributed by atoms with Gasteiger partial charge in [0.2, 0.25) is 11.8 Å². The molecule has 0 aromatic heterocycles. The lowest BCUT2D eigenvalue weighted by molar-refractivity contribution is -0.133. The summed E-state index contributed by atoms with van der Waals surface area (Å²) in [5, 5.41) is 3.00. The van der Waals surface area contributed by atoms with E-state index in [0.29, 0.717) is 32.7 Å². The van der Waals surface area contributed by atoms with Crippen LogP contribution in [-0.2, 0) is 14.3 Å². The molecule has 0 aliphatic carbocycles. The summed E-state index contributed by atoms with van der Waals surface area (Å²) in [6.45, 7) is 7.21.